The molecule has 2 heterocycles. The number of benzene rings is 2. The summed E-state index contributed by atoms with van der Waals surface area (Å²) in [4.78, 5) is 14.4. The van der Waals surface area contributed by atoms with E-state index in [1.807, 2.05) is 22.9 Å². The van der Waals surface area contributed by atoms with Gasteiger partial charge in [-0.1, -0.05) is 18.2 Å². The van der Waals surface area contributed by atoms with Crippen molar-refractivity contribution in [1.82, 2.24) is 14.8 Å². The van der Waals surface area contributed by atoms with Gasteiger partial charge in [-0.2, -0.15) is 13.2 Å². The van der Waals surface area contributed by atoms with Crippen LogP contribution < -0.4 is 5.32 Å². The number of amides is 1. The van der Waals surface area contributed by atoms with Gasteiger partial charge in [0.1, 0.15) is 11.6 Å². The monoisotopic (exact) mass is 449 g/mol. The number of rotatable bonds is 5. The number of halogens is 5. The van der Waals surface area contributed by atoms with Gasteiger partial charge >= 0.3 is 6.18 Å². The van der Waals surface area contributed by atoms with Gasteiger partial charge in [0.25, 0.3) is 0 Å². The maximum absolute atomic E-state index is 14.6. The maximum atomic E-state index is 14.6. The Labute approximate surface area is 181 Å². The minimum Gasteiger partial charge on any atom is -0.351 e. The second kappa shape index (κ2) is 8.74. The second-order valence-electron chi connectivity index (χ2n) is 7.64. The molecule has 32 heavy (non-hydrogen) atoms. The zero-order valence-electron chi connectivity index (χ0n) is 16.9. The predicted octanol–water partition coefficient (Wildman–Crippen LogP) is 4.51. The lowest BCUT2D eigenvalue weighted by atomic mass is 9.99. The highest BCUT2D eigenvalue weighted by atomic mass is 19.4. The number of carbonyl (C=O) groups is 1. The summed E-state index contributed by atoms with van der Waals surface area (Å²) in [5.74, 6) is -1.81. The molecule has 1 atom stereocenters. The molecule has 3 aromatic rings. The number of hydrogen-bond acceptors (Lipinski definition) is 2. The van der Waals surface area contributed by atoms with Crippen LogP contribution in [-0.2, 0) is 24.1 Å². The number of nitrogens with zero attached hydrogens (tertiary/aromatic N) is 2. The van der Waals surface area contributed by atoms with Crippen LogP contribution in [-0.4, -0.2) is 28.5 Å². The molecule has 2 aromatic carbocycles. The molecule has 9 heteroatoms. The molecule has 1 amide bonds. The summed E-state index contributed by atoms with van der Waals surface area (Å²) in [5, 5.41) is 2.63. The Morgan fingerprint density at radius 2 is 1.84 bits per heavy atom. The minimum atomic E-state index is -4.46. The third-order valence-corrected chi connectivity index (χ3v) is 5.49. The highest BCUT2D eigenvalue weighted by molar-refractivity contribution is 5.78. The van der Waals surface area contributed by atoms with Crippen LogP contribution in [0, 0.1) is 11.6 Å². The van der Waals surface area contributed by atoms with Crippen LogP contribution in [0.3, 0.4) is 0 Å². The summed E-state index contributed by atoms with van der Waals surface area (Å²) < 4.78 is 68.6. The van der Waals surface area contributed by atoms with Crippen LogP contribution in [0.4, 0.5) is 22.0 Å². The van der Waals surface area contributed by atoms with Gasteiger partial charge < -0.3 is 9.88 Å². The van der Waals surface area contributed by atoms with Crippen molar-refractivity contribution >= 4 is 5.91 Å². The van der Waals surface area contributed by atoms with Crippen molar-refractivity contribution in [2.45, 2.75) is 25.3 Å². The molecule has 1 aliphatic rings. The largest absolute Gasteiger partial charge is 0.416 e. The zero-order valence-corrected chi connectivity index (χ0v) is 16.9. The predicted molar refractivity (Wildman–Crippen MR) is 107 cm³/mol. The summed E-state index contributed by atoms with van der Waals surface area (Å²) in [7, 11) is 0. The molecular weight excluding hydrogens is 429 g/mol. The first-order valence-electron chi connectivity index (χ1n) is 9.99. The van der Waals surface area contributed by atoms with Crippen molar-refractivity contribution in [2.24, 2.45) is 0 Å². The molecule has 0 aliphatic carbocycles. The van der Waals surface area contributed by atoms with E-state index in [1.54, 1.807) is 4.90 Å². The molecule has 0 fully saturated rings. The average Bonchev–Trinajstić information content (AvgIpc) is 3.21. The first-order chi connectivity index (χ1) is 15.2. The Bertz CT molecular complexity index is 1120. The van der Waals surface area contributed by atoms with Crippen molar-refractivity contribution in [1.29, 1.82) is 0 Å². The Balaban J connectivity index is 1.49. The van der Waals surface area contributed by atoms with E-state index in [-0.39, 0.29) is 18.7 Å². The number of nitrogens with one attached hydrogen (secondary N) is 1. The van der Waals surface area contributed by atoms with E-state index in [0.717, 1.165) is 23.9 Å². The van der Waals surface area contributed by atoms with E-state index >= 15 is 0 Å². The number of fused-ring (bicyclic) bond motifs is 1. The number of aromatic nitrogens is 1. The van der Waals surface area contributed by atoms with Crippen molar-refractivity contribution in [3.8, 4) is 0 Å². The molecular formula is C23H20F5N3O. The Morgan fingerprint density at radius 3 is 2.59 bits per heavy atom. The van der Waals surface area contributed by atoms with E-state index in [1.165, 1.54) is 24.3 Å². The Kier molecular flexibility index (Phi) is 6.01. The van der Waals surface area contributed by atoms with E-state index < -0.39 is 35.3 Å². The summed E-state index contributed by atoms with van der Waals surface area (Å²) in [6.07, 6.45) is -2.61. The minimum absolute atomic E-state index is 0.0669. The van der Waals surface area contributed by atoms with E-state index in [0.29, 0.717) is 18.7 Å². The summed E-state index contributed by atoms with van der Waals surface area (Å²) >= 11 is 0. The molecule has 4 nitrogen and oxygen atoms in total. The van der Waals surface area contributed by atoms with E-state index in [4.69, 9.17) is 0 Å². The molecule has 0 unspecified atom stereocenters. The van der Waals surface area contributed by atoms with E-state index in [2.05, 4.69) is 5.32 Å². The molecule has 1 N–H and O–H groups in total. The van der Waals surface area contributed by atoms with Crippen molar-refractivity contribution in [3.05, 3.63) is 94.8 Å². The highest BCUT2D eigenvalue weighted by Crippen LogP contribution is 2.34. The van der Waals surface area contributed by atoms with Gasteiger partial charge in [-0.05, 0) is 35.9 Å². The van der Waals surface area contributed by atoms with Crippen LogP contribution in [0.1, 0.15) is 28.4 Å². The average molecular weight is 449 g/mol. The fourth-order valence-electron chi connectivity index (χ4n) is 3.98. The molecule has 0 radical (unpaired) electrons. The standard InChI is InChI=1S/C23H20F5N3O/c24-17-6-7-18(19(25)12-17)22-20-5-2-8-30(20)9-10-31(22)14-21(32)29-13-15-3-1-4-16(11-15)23(26,27)28/h1-8,11-12,22H,9-10,13-14H2,(H,29,32)/t22-/m1/s1. The second-order valence-corrected chi connectivity index (χ2v) is 7.64. The van der Waals surface area contributed by atoms with Gasteiger partial charge in [0.05, 0.1) is 18.2 Å². The molecule has 168 valence electrons. The first kappa shape index (κ1) is 22.0. The van der Waals surface area contributed by atoms with Crippen LogP contribution in [0.15, 0.2) is 60.8 Å². The fourth-order valence-corrected chi connectivity index (χ4v) is 3.98. The molecule has 0 spiro atoms. The maximum Gasteiger partial charge on any atom is 0.416 e. The van der Waals surface area contributed by atoms with Crippen molar-refractivity contribution in [2.75, 3.05) is 13.1 Å². The fraction of sp³-hybridized carbons (Fsp3) is 0.261. The lowest BCUT2D eigenvalue weighted by molar-refractivity contribution is -0.137. The third kappa shape index (κ3) is 4.67. The summed E-state index contributed by atoms with van der Waals surface area (Å²) in [6, 6.07) is 11.1. The lowest BCUT2D eigenvalue weighted by Crippen LogP contribution is -2.44. The van der Waals surface area contributed by atoms with Gasteiger partial charge in [-0.25, -0.2) is 8.78 Å². The first-order valence-corrected chi connectivity index (χ1v) is 9.99. The number of hydrogen-bond donors (Lipinski definition) is 1. The zero-order chi connectivity index (χ0) is 22.9. The van der Waals surface area contributed by atoms with Crippen LogP contribution in [0.2, 0.25) is 0 Å². The third-order valence-electron chi connectivity index (χ3n) is 5.49. The highest BCUT2D eigenvalue weighted by Gasteiger charge is 2.32. The van der Waals surface area contributed by atoms with Crippen LogP contribution in [0.25, 0.3) is 0 Å². The lowest BCUT2D eigenvalue weighted by Gasteiger charge is -2.37. The molecule has 0 saturated heterocycles. The van der Waals surface area contributed by atoms with Crippen molar-refractivity contribution < 1.29 is 26.7 Å². The molecule has 0 bridgehead atoms. The molecule has 4 rings (SSSR count). The summed E-state index contributed by atoms with van der Waals surface area (Å²) in [6.45, 7) is 0.872. The topological polar surface area (TPSA) is 37.3 Å². The molecule has 1 aliphatic heterocycles. The normalized spacial score (nSPS) is 16.6. The van der Waals surface area contributed by atoms with Gasteiger partial charge in [-0.15, -0.1) is 0 Å². The quantitative estimate of drug-likeness (QED) is 0.583. The van der Waals surface area contributed by atoms with Gasteiger partial charge in [0.2, 0.25) is 5.91 Å². The molecule has 0 saturated carbocycles. The van der Waals surface area contributed by atoms with Crippen molar-refractivity contribution in [3.63, 3.8) is 0 Å². The number of carbonyl (C=O) groups excluding carboxylic acids is 1. The van der Waals surface area contributed by atoms with Gasteiger partial charge in [0.15, 0.2) is 0 Å². The number of alkyl halides is 3. The van der Waals surface area contributed by atoms with Gasteiger partial charge in [-0.3, -0.25) is 9.69 Å². The Hall–Kier alpha value is -3.20. The Morgan fingerprint density at radius 1 is 1.03 bits per heavy atom. The van der Waals surface area contributed by atoms with Crippen LogP contribution >= 0.6 is 0 Å². The van der Waals surface area contributed by atoms with Gasteiger partial charge in [0, 0.05) is 43.2 Å². The van der Waals surface area contributed by atoms with Crippen LogP contribution in [0.5, 0.6) is 0 Å². The van der Waals surface area contributed by atoms with E-state index in [9.17, 15) is 26.7 Å². The summed E-state index contributed by atoms with van der Waals surface area (Å²) in [5.41, 5.74) is 0.555. The SMILES string of the molecule is O=C(CN1CCn2cccc2[C@H]1c1ccc(F)cc1F)NCc1cccc(C(F)(F)F)c1. The molecule has 1 aromatic heterocycles. The smallest absolute Gasteiger partial charge is 0.351 e.